The first-order chi connectivity index (χ1) is 13.7. The fourth-order valence-corrected chi connectivity index (χ4v) is 3.75. The van der Waals surface area contributed by atoms with Crippen LogP contribution < -0.4 is 5.32 Å². The number of fused-ring (bicyclic) bond motifs is 1. The van der Waals surface area contributed by atoms with Crippen LogP contribution in [0.2, 0.25) is 0 Å². The Labute approximate surface area is 161 Å². The van der Waals surface area contributed by atoms with E-state index >= 15 is 0 Å². The number of nitrogens with one attached hydrogen (secondary N) is 2. The predicted molar refractivity (Wildman–Crippen MR) is 102 cm³/mol. The van der Waals surface area contributed by atoms with Crippen LogP contribution in [0.15, 0.2) is 30.5 Å². The van der Waals surface area contributed by atoms with Gasteiger partial charge in [-0.3, -0.25) is 9.59 Å². The summed E-state index contributed by atoms with van der Waals surface area (Å²) in [5, 5.41) is 18.0. The van der Waals surface area contributed by atoms with Crippen LogP contribution in [0, 0.1) is 5.92 Å². The van der Waals surface area contributed by atoms with E-state index in [2.05, 4.69) is 25.8 Å². The van der Waals surface area contributed by atoms with Gasteiger partial charge in [0.05, 0.1) is 12.2 Å². The molecule has 2 fully saturated rings. The zero-order valence-electron chi connectivity index (χ0n) is 15.3. The molecule has 0 unspecified atom stereocenters. The second-order valence-corrected chi connectivity index (χ2v) is 7.48. The van der Waals surface area contributed by atoms with Crippen molar-refractivity contribution in [3.8, 4) is 0 Å². The van der Waals surface area contributed by atoms with Crippen LogP contribution in [-0.4, -0.2) is 55.0 Å². The normalized spacial score (nSPS) is 17.8. The second-order valence-electron chi connectivity index (χ2n) is 7.48. The minimum atomic E-state index is 0.00562. The molecule has 1 aliphatic carbocycles. The number of rotatable bonds is 4. The molecule has 144 valence electrons. The van der Waals surface area contributed by atoms with E-state index < -0.39 is 0 Å². The topological polar surface area (TPSA) is 109 Å². The number of nitrogens with zero attached hydrogens (tertiary/aromatic N) is 5. The van der Waals surface area contributed by atoms with E-state index in [0.29, 0.717) is 24.2 Å². The van der Waals surface area contributed by atoms with Gasteiger partial charge in [-0.2, -0.15) is 20.5 Å². The molecule has 28 heavy (non-hydrogen) atoms. The summed E-state index contributed by atoms with van der Waals surface area (Å²) in [5.74, 6) is 0.992. The lowest BCUT2D eigenvalue weighted by molar-refractivity contribution is -0.117. The van der Waals surface area contributed by atoms with Crippen molar-refractivity contribution in [3.63, 3.8) is 0 Å². The molecule has 9 nitrogen and oxygen atoms in total. The SMILES string of the molecule is O=C(Nc1ccnn1C1CCN(C(=O)c2ccc3n[nH]nc3c2)CC1)C1CC1. The molecule has 1 aliphatic heterocycles. The molecule has 0 radical (unpaired) electrons. The highest BCUT2D eigenvalue weighted by molar-refractivity contribution is 5.97. The molecule has 2 N–H and O–H groups in total. The average Bonchev–Trinajstić information content (AvgIpc) is 3.30. The number of H-pyrrole nitrogens is 1. The fourth-order valence-electron chi connectivity index (χ4n) is 3.75. The highest BCUT2D eigenvalue weighted by atomic mass is 16.2. The van der Waals surface area contributed by atoms with Crippen LogP contribution in [0.5, 0.6) is 0 Å². The minimum absolute atomic E-state index is 0.00562. The summed E-state index contributed by atoms with van der Waals surface area (Å²) < 4.78 is 1.89. The number of aromatic nitrogens is 5. The van der Waals surface area contributed by atoms with Crippen molar-refractivity contribution >= 4 is 28.7 Å². The number of likely N-dealkylation sites (tertiary alicyclic amines) is 1. The highest BCUT2D eigenvalue weighted by Gasteiger charge is 2.31. The minimum Gasteiger partial charge on any atom is -0.338 e. The standard InChI is InChI=1S/C19H21N7O2/c27-18(12-1-2-12)21-17-5-8-20-26(17)14-6-9-25(10-7-14)19(28)13-3-4-15-16(11-13)23-24-22-15/h3-5,8,11-12,14H,1-2,6-7,9-10H2,(H,21,27)(H,22,23,24). The van der Waals surface area contributed by atoms with E-state index in [4.69, 9.17) is 0 Å². The van der Waals surface area contributed by atoms with E-state index in [0.717, 1.165) is 37.0 Å². The maximum Gasteiger partial charge on any atom is 0.253 e. The number of hydrogen-bond acceptors (Lipinski definition) is 5. The van der Waals surface area contributed by atoms with E-state index in [9.17, 15) is 9.59 Å². The molecule has 2 aromatic heterocycles. The van der Waals surface area contributed by atoms with Gasteiger partial charge in [0.2, 0.25) is 5.91 Å². The van der Waals surface area contributed by atoms with Crippen molar-refractivity contribution in [2.45, 2.75) is 31.7 Å². The van der Waals surface area contributed by atoms with Crippen molar-refractivity contribution in [2.75, 3.05) is 18.4 Å². The Balaban J connectivity index is 1.24. The number of hydrogen-bond donors (Lipinski definition) is 2. The number of amides is 2. The van der Waals surface area contributed by atoms with E-state index in [1.165, 1.54) is 0 Å². The monoisotopic (exact) mass is 379 g/mol. The molecule has 9 heteroatoms. The molecule has 1 aromatic carbocycles. The number of benzene rings is 1. The molecule has 1 saturated carbocycles. The number of anilines is 1. The van der Waals surface area contributed by atoms with E-state index in [-0.39, 0.29) is 23.8 Å². The third-order valence-electron chi connectivity index (χ3n) is 5.53. The number of aromatic amines is 1. The van der Waals surface area contributed by atoms with Gasteiger partial charge in [-0.15, -0.1) is 0 Å². The maximum absolute atomic E-state index is 12.8. The summed E-state index contributed by atoms with van der Waals surface area (Å²) in [6.07, 6.45) is 5.26. The quantitative estimate of drug-likeness (QED) is 0.720. The average molecular weight is 379 g/mol. The first kappa shape index (κ1) is 16.9. The Hall–Kier alpha value is -3.23. The molecule has 3 heterocycles. The molecular formula is C19H21N7O2. The van der Waals surface area contributed by atoms with Crippen molar-refractivity contribution < 1.29 is 9.59 Å². The van der Waals surface area contributed by atoms with Gasteiger partial charge in [-0.1, -0.05) is 0 Å². The van der Waals surface area contributed by atoms with Gasteiger partial charge in [-0.25, -0.2) is 4.68 Å². The van der Waals surface area contributed by atoms with Crippen molar-refractivity contribution in [3.05, 3.63) is 36.0 Å². The Morgan fingerprint density at radius 1 is 1.04 bits per heavy atom. The molecule has 2 amide bonds. The lowest BCUT2D eigenvalue weighted by atomic mass is 10.0. The van der Waals surface area contributed by atoms with Gasteiger partial charge < -0.3 is 10.2 Å². The van der Waals surface area contributed by atoms with Crippen LogP contribution in [0.1, 0.15) is 42.1 Å². The summed E-state index contributed by atoms with van der Waals surface area (Å²) in [5.41, 5.74) is 2.05. The summed E-state index contributed by atoms with van der Waals surface area (Å²) in [7, 11) is 0. The molecule has 3 aromatic rings. The summed E-state index contributed by atoms with van der Waals surface area (Å²) >= 11 is 0. The molecule has 2 aliphatic rings. The summed E-state index contributed by atoms with van der Waals surface area (Å²) in [6.45, 7) is 1.30. The van der Waals surface area contributed by atoms with Gasteiger partial charge in [0.25, 0.3) is 5.91 Å². The third-order valence-corrected chi connectivity index (χ3v) is 5.53. The number of carbonyl (C=O) groups is 2. The van der Waals surface area contributed by atoms with Crippen LogP contribution in [0.3, 0.4) is 0 Å². The Morgan fingerprint density at radius 2 is 1.82 bits per heavy atom. The smallest absolute Gasteiger partial charge is 0.253 e. The van der Waals surface area contributed by atoms with Gasteiger partial charge in [-0.05, 0) is 43.9 Å². The molecular weight excluding hydrogens is 358 g/mol. The zero-order valence-corrected chi connectivity index (χ0v) is 15.3. The van der Waals surface area contributed by atoms with Crippen molar-refractivity contribution in [1.82, 2.24) is 30.1 Å². The lowest BCUT2D eigenvalue weighted by Crippen LogP contribution is -2.39. The Kier molecular flexibility index (Phi) is 4.07. The first-order valence-corrected chi connectivity index (χ1v) is 9.63. The summed E-state index contributed by atoms with van der Waals surface area (Å²) in [6, 6.07) is 7.37. The highest BCUT2D eigenvalue weighted by Crippen LogP contribution is 2.31. The third kappa shape index (κ3) is 3.12. The van der Waals surface area contributed by atoms with Crippen LogP contribution >= 0.6 is 0 Å². The molecule has 1 saturated heterocycles. The van der Waals surface area contributed by atoms with Gasteiger partial charge >= 0.3 is 0 Å². The van der Waals surface area contributed by atoms with Crippen molar-refractivity contribution in [1.29, 1.82) is 0 Å². The van der Waals surface area contributed by atoms with Gasteiger partial charge in [0.15, 0.2) is 0 Å². The van der Waals surface area contributed by atoms with E-state index in [1.807, 2.05) is 15.6 Å². The Bertz CT molecular complexity index is 1030. The number of carbonyl (C=O) groups excluding carboxylic acids is 2. The molecule has 0 spiro atoms. The maximum atomic E-state index is 12.8. The fraction of sp³-hybridized carbons (Fsp3) is 0.421. The van der Waals surface area contributed by atoms with Crippen LogP contribution in [0.4, 0.5) is 5.82 Å². The zero-order chi connectivity index (χ0) is 19.1. The largest absolute Gasteiger partial charge is 0.338 e. The lowest BCUT2D eigenvalue weighted by Gasteiger charge is -2.32. The van der Waals surface area contributed by atoms with Crippen molar-refractivity contribution in [2.24, 2.45) is 5.92 Å². The van der Waals surface area contributed by atoms with Gasteiger partial charge in [0.1, 0.15) is 16.9 Å². The molecule has 0 atom stereocenters. The predicted octanol–water partition coefficient (Wildman–Crippen LogP) is 1.98. The summed E-state index contributed by atoms with van der Waals surface area (Å²) in [4.78, 5) is 26.8. The Morgan fingerprint density at radius 3 is 2.61 bits per heavy atom. The number of piperidine rings is 1. The van der Waals surface area contributed by atoms with Crippen LogP contribution in [-0.2, 0) is 4.79 Å². The second kappa shape index (κ2) is 6.74. The van der Waals surface area contributed by atoms with Crippen LogP contribution in [0.25, 0.3) is 11.0 Å². The van der Waals surface area contributed by atoms with E-state index in [1.54, 1.807) is 24.4 Å². The van der Waals surface area contributed by atoms with Gasteiger partial charge in [0, 0.05) is 30.6 Å². The molecule has 0 bridgehead atoms. The molecule has 5 rings (SSSR count). The first-order valence-electron chi connectivity index (χ1n) is 9.63.